The van der Waals surface area contributed by atoms with Crippen molar-refractivity contribution < 1.29 is 14.6 Å². The lowest BCUT2D eigenvalue weighted by atomic mass is 10.1. The van der Waals surface area contributed by atoms with Gasteiger partial charge in [-0.25, -0.2) is 4.79 Å². The normalized spacial score (nSPS) is 11.5. The van der Waals surface area contributed by atoms with Crippen molar-refractivity contribution >= 4 is 6.03 Å². The van der Waals surface area contributed by atoms with Crippen LogP contribution in [0.25, 0.3) is 0 Å². The largest absolute Gasteiger partial charge is 0.508 e. The van der Waals surface area contributed by atoms with Crippen LogP contribution in [0.2, 0.25) is 0 Å². The van der Waals surface area contributed by atoms with Crippen molar-refractivity contribution in [3.63, 3.8) is 0 Å². The molecule has 5 nitrogen and oxygen atoms in total. The molecule has 2 aromatic carbocycles. The number of phenols is 1. The molecule has 0 saturated carbocycles. The Bertz CT molecular complexity index is 599. The van der Waals surface area contributed by atoms with Crippen LogP contribution in [0.5, 0.6) is 11.5 Å². The summed E-state index contributed by atoms with van der Waals surface area (Å²) in [5.41, 5.74) is 1.26. The van der Waals surface area contributed by atoms with Crippen LogP contribution in [0.4, 0.5) is 4.79 Å². The van der Waals surface area contributed by atoms with E-state index in [-0.39, 0.29) is 11.8 Å². The first-order valence-electron chi connectivity index (χ1n) is 7.67. The minimum absolute atomic E-state index is 0.175. The molecule has 2 rings (SSSR count). The maximum absolute atomic E-state index is 11.8. The SMILES string of the molecule is CC(NC(=O)NCCCc1ccccc1)Oc1ccc(O)cc1. The molecule has 0 bridgehead atoms. The maximum atomic E-state index is 11.8. The van der Waals surface area contributed by atoms with E-state index in [1.54, 1.807) is 19.1 Å². The minimum Gasteiger partial charge on any atom is -0.508 e. The summed E-state index contributed by atoms with van der Waals surface area (Å²) in [5.74, 6) is 0.758. The summed E-state index contributed by atoms with van der Waals surface area (Å²) in [7, 11) is 0. The Hall–Kier alpha value is -2.69. The van der Waals surface area contributed by atoms with Gasteiger partial charge in [-0.2, -0.15) is 0 Å². The molecule has 2 amide bonds. The zero-order chi connectivity index (χ0) is 16.5. The number of amides is 2. The highest BCUT2D eigenvalue weighted by molar-refractivity contribution is 5.73. The van der Waals surface area contributed by atoms with Crippen molar-refractivity contribution in [2.75, 3.05) is 6.54 Å². The number of nitrogens with one attached hydrogen (secondary N) is 2. The molecule has 3 N–H and O–H groups in total. The molecule has 0 aliphatic rings. The van der Waals surface area contributed by atoms with Crippen LogP contribution in [0.1, 0.15) is 18.9 Å². The average molecular weight is 314 g/mol. The summed E-state index contributed by atoms with van der Waals surface area (Å²) in [6.45, 7) is 2.35. The number of carbonyl (C=O) groups excluding carboxylic acids is 1. The van der Waals surface area contributed by atoms with Crippen LogP contribution in [0.3, 0.4) is 0 Å². The van der Waals surface area contributed by atoms with E-state index >= 15 is 0 Å². The van der Waals surface area contributed by atoms with Crippen molar-refractivity contribution in [3.05, 3.63) is 60.2 Å². The van der Waals surface area contributed by atoms with Crippen molar-refractivity contribution in [2.45, 2.75) is 26.0 Å². The number of hydrogen-bond acceptors (Lipinski definition) is 3. The zero-order valence-electron chi connectivity index (χ0n) is 13.2. The van der Waals surface area contributed by atoms with E-state index < -0.39 is 6.23 Å². The third-order valence-electron chi connectivity index (χ3n) is 3.25. The summed E-state index contributed by atoms with van der Waals surface area (Å²) in [4.78, 5) is 11.8. The lowest BCUT2D eigenvalue weighted by Gasteiger charge is -2.16. The fourth-order valence-corrected chi connectivity index (χ4v) is 2.13. The molecule has 5 heteroatoms. The summed E-state index contributed by atoms with van der Waals surface area (Å²) in [5, 5.41) is 14.7. The van der Waals surface area contributed by atoms with Gasteiger partial charge in [0.1, 0.15) is 11.5 Å². The molecule has 0 fully saturated rings. The maximum Gasteiger partial charge on any atom is 0.317 e. The highest BCUT2D eigenvalue weighted by atomic mass is 16.5. The fourth-order valence-electron chi connectivity index (χ4n) is 2.13. The fraction of sp³-hybridized carbons (Fsp3) is 0.278. The van der Waals surface area contributed by atoms with Crippen LogP contribution in [0.15, 0.2) is 54.6 Å². The number of aryl methyl sites for hydroxylation is 1. The molecule has 0 spiro atoms. The molecule has 0 heterocycles. The van der Waals surface area contributed by atoms with E-state index in [0.717, 1.165) is 12.8 Å². The number of benzene rings is 2. The Labute approximate surface area is 136 Å². The van der Waals surface area contributed by atoms with Crippen LogP contribution >= 0.6 is 0 Å². The van der Waals surface area contributed by atoms with E-state index in [4.69, 9.17) is 4.74 Å². The van der Waals surface area contributed by atoms with E-state index in [0.29, 0.717) is 12.3 Å². The zero-order valence-corrected chi connectivity index (χ0v) is 13.2. The lowest BCUT2D eigenvalue weighted by Crippen LogP contribution is -2.43. The molecule has 122 valence electrons. The first kappa shape index (κ1) is 16.7. The van der Waals surface area contributed by atoms with Crippen molar-refractivity contribution in [1.29, 1.82) is 0 Å². The van der Waals surface area contributed by atoms with Gasteiger partial charge >= 0.3 is 6.03 Å². The molecule has 0 saturated heterocycles. The number of rotatable bonds is 7. The van der Waals surface area contributed by atoms with Crippen LogP contribution < -0.4 is 15.4 Å². The quantitative estimate of drug-likeness (QED) is 0.543. The smallest absolute Gasteiger partial charge is 0.317 e. The Balaban J connectivity index is 1.63. The Morgan fingerprint density at radius 3 is 2.52 bits per heavy atom. The summed E-state index contributed by atoms with van der Waals surface area (Å²) < 4.78 is 5.53. The highest BCUT2D eigenvalue weighted by Crippen LogP contribution is 2.16. The molecule has 2 aromatic rings. The van der Waals surface area contributed by atoms with Gasteiger partial charge in [0.05, 0.1) is 0 Å². The number of aromatic hydroxyl groups is 1. The third-order valence-corrected chi connectivity index (χ3v) is 3.25. The average Bonchev–Trinajstić information content (AvgIpc) is 2.55. The molecule has 0 aromatic heterocycles. The van der Waals surface area contributed by atoms with Crippen molar-refractivity contribution in [3.8, 4) is 11.5 Å². The molecule has 1 atom stereocenters. The summed E-state index contributed by atoms with van der Waals surface area (Å²) >= 11 is 0. The summed E-state index contributed by atoms with van der Waals surface area (Å²) in [6.07, 6.45) is 1.35. The van der Waals surface area contributed by atoms with Crippen LogP contribution in [0, 0.1) is 0 Å². The predicted octanol–water partition coefficient (Wildman–Crippen LogP) is 3.05. The van der Waals surface area contributed by atoms with Gasteiger partial charge in [-0.3, -0.25) is 0 Å². The standard InChI is InChI=1S/C18H22N2O3/c1-14(23-17-11-9-16(21)10-12-17)20-18(22)19-13-5-8-15-6-3-2-4-7-15/h2-4,6-7,9-12,14,21H,5,8,13H2,1H3,(H2,19,20,22). The molecule has 1 unspecified atom stereocenters. The molecule has 0 radical (unpaired) electrons. The first-order chi connectivity index (χ1) is 11.1. The Kier molecular flexibility index (Phi) is 6.29. The van der Waals surface area contributed by atoms with E-state index in [9.17, 15) is 9.90 Å². The molecular formula is C18H22N2O3. The Morgan fingerprint density at radius 1 is 1.13 bits per heavy atom. The number of phenolic OH excluding ortho intramolecular Hbond substituents is 1. The number of carbonyl (C=O) groups is 1. The van der Waals surface area contributed by atoms with Gasteiger partial charge in [0.15, 0.2) is 6.23 Å². The second kappa shape index (κ2) is 8.68. The monoisotopic (exact) mass is 314 g/mol. The van der Waals surface area contributed by atoms with Gasteiger partial charge < -0.3 is 20.5 Å². The molecule has 0 aliphatic carbocycles. The Morgan fingerprint density at radius 2 is 1.83 bits per heavy atom. The van der Waals surface area contributed by atoms with Crippen LogP contribution in [-0.2, 0) is 6.42 Å². The molecular weight excluding hydrogens is 292 g/mol. The van der Waals surface area contributed by atoms with Gasteiger partial charge in [0, 0.05) is 6.54 Å². The van der Waals surface area contributed by atoms with Crippen molar-refractivity contribution in [2.24, 2.45) is 0 Å². The van der Waals surface area contributed by atoms with Gasteiger partial charge in [-0.1, -0.05) is 30.3 Å². The van der Waals surface area contributed by atoms with E-state index in [1.165, 1.54) is 17.7 Å². The van der Waals surface area contributed by atoms with E-state index in [2.05, 4.69) is 22.8 Å². The number of urea groups is 1. The predicted molar refractivity (Wildman–Crippen MR) is 89.5 cm³/mol. The van der Waals surface area contributed by atoms with Gasteiger partial charge in [-0.15, -0.1) is 0 Å². The number of ether oxygens (including phenoxy) is 1. The second-order valence-electron chi connectivity index (χ2n) is 5.24. The first-order valence-corrected chi connectivity index (χ1v) is 7.67. The highest BCUT2D eigenvalue weighted by Gasteiger charge is 2.07. The van der Waals surface area contributed by atoms with Crippen LogP contribution in [-0.4, -0.2) is 23.9 Å². The molecule has 23 heavy (non-hydrogen) atoms. The lowest BCUT2D eigenvalue weighted by molar-refractivity contribution is 0.177. The van der Waals surface area contributed by atoms with Crippen molar-refractivity contribution in [1.82, 2.24) is 10.6 Å². The number of hydrogen-bond donors (Lipinski definition) is 3. The topological polar surface area (TPSA) is 70.6 Å². The van der Waals surface area contributed by atoms with E-state index in [1.807, 2.05) is 18.2 Å². The molecule has 0 aliphatic heterocycles. The second-order valence-corrected chi connectivity index (χ2v) is 5.24. The van der Waals surface area contributed by atoms with Gasteiger partial charge in [0.2, 0.25) is 0 Å². The third kappa shape index (κ3) is 6.30. The van der Waals surface area contributed by atoms with Gasteiger partial charge in [-0.05, 0) is 49.6 Å². The van der Waals surface area contributed by atoms with Gasteiger partial charge in [0.25, 0.3) is 0 Å². The summed E-state index contributed by atoms with van der Waals surface area (Å²) in [6, 6.07) is 16.3. The minimum atomic E-state index is -0.464.